The number of hydrogen-bond acceptors (Lipinski definition) is 2. The fraction of sp³-hybridized carbons (Fsp3) is 1.00. The third-order valence-corrected chi connectivity index (χ3v) is 3.49. The summed E-state index contributed by atoms with van der Waals surface area (Å²) in [5, 5.41) is 3.27. The minimum Gasteiger partial charge on any atom is -0.310 e. The van der Waals surface area contributed by atoms with Crippen molar-refractivity contribution in [2.24, 2.45) is 5.92 Å². The number of likely N-dealkylation sites (N-methyl/N-ethyl adjacent to an activating group) is 1. The Kier molecular flexibility index (Phi) is 4.84. The number of hydrogen-bond donors (Lipinski definition) is 1. The normalized spacial score (nSPS) is 31.2. The number of nitrogens with one attached hydrogen (secondary N) is 1. The van der Waals surface area contributed by atoms with E-state index in [0.717, 1.165) is 0 Å². The molecule has 0 aromatic heterocycles. The van der Waals surface area contributed by atoms with E-state index in [1.807, 2.05) is 32.8 Å². The molecule has 0 amide bonds. The number of alkyl halides is 3. The largest absolute Gasteiger partial charge is 0.391 e. The SMILES string of the molecule is CC(C)N[C@@H]1C[C@@H](C(F)(F)F)CC[C@H]1N(C)C. The monoisotopic (exact) mass is 252 g/mol. The second-order valence-corrected chi connectivity index (χ2v) is 5.51. The first-order chi connectivity index (χ1) is 7.71. The van der Waals surface area contributed by atoms with Crippen LogP contribution in [0.2, 0.25) is 0 Å². The van der Waals surface area contributed by atoms with Gasteiger partial charge in [-0.2, -0.15) is 13.2 Å². The van der Waals surface area contributed by atoms with Crippen LogP contribution in [0.3, 0.4) is 0 Å². The van der Waals surface area contributed by atoms with Gasteiger partial charge in [-0.25, -0.2) is 0 Å². The Morgan fingerprint density at radius 3 is 2.18 bits per heavy atom. The van der Waals surface area contributed by atoms with Crippen LogP contribution in [-0.2, 0) is 0 Å². The van der Waals surface area contributed by atoms with Gasteiger partial charge in [-0.15, -0.1) is 0 Å². The Morgan fingerprint density at radius 2 is 1.76 bits per heavy atom. The minimum atomic E-state index is -4.05. The summed E-state index contributed by atoms with van der Waals surface area (Å²) in [5.41, 5.74) is 0. The maximum atomic E-state index is 12.7. The summed E-state index contributed by atoms with van der Waals surface area (Å²) in [6, 6.07) is 0.357. The van der Waals surface area contributed by atoms with Crippen molar-refractivity contribution < 1.29 is 13.2 Å². The van der Waals surface area contributed by atoms with Crippen molar-refractivity contribution in [3.8, 4) is 0 Å². The summed E-state index contributed by atoms with van der Waals surface area (Å²) in [7, 11) is 3.88. The van der Waals surface area contributed by atoms with Crippen molar-refractivity contribution in [3.05, 3.63) is 0 Å². The molecule has 0 saturated heterocycles. The molecule has 3 atom stereocenters. The van der Waals surface area contributed by atoms with E-state index in [2.05, 4.69) is 5.32 Å². The maximum absolute atomic E-state index is 12.7. The molecule has 1 rings (SSSR count). The van der Waals surface area contributed by atoms with E-state index in [1.165, 1.54) is 0 Å². The lowest BCUT2D eigenvalue weighted by Gasteiger charge is -2.41. The van der Waals surface area contributed by atoms with Crippen LogP contribution in [0.5, 0.6) is 0 Å². The van der Waals surface area contributed by atoms with Crippen molar-refractivity contribution >= 4 is 0 Å². The molecule has 1 aliphatic rings. The number of nitrogens with zero attached hydrogens (tertiary/aromatic N) is 1. The van der Waals surface area contributed by atoms with Gasteiger partial charge >= 0.3 is 6.18 Å². The zero-order valence-electron chi connectivity index (χ0n) is 11.0. The summed E-state index contributed by atoms with van der Waals surface area (Å²) in [4.78, 5) is 2.03. The highest BCUT2D eigenvalue weighted by Gasteiger charge is 2.45. The Morgan fingerprint density at radius 1 is 1.18 bits per heavy atom. The van der Waals surface area contributed by atoms with E-state index >= 15 is 0 Å². The topological polar surface area (TPSA) is 15.3 Å². The molecule has 0 aromatic rings. The lowest BCUT2D eigenvalue weighted by atomic mass is 9.81. The lowest BCUT2D eigenvalue weighted by molar-refractivity contribution is -0.186. The molecule has 1 N–H and O–H groups in total. The molecule has 5 heteroatoms. The van der Waals surface area contributed by atoms with Crippen molar-refractivity contribution in [2.75, 3.05) is 14.1 Å². The Balaban J connectivity index is 2.69. The lowest BCUT2D eigenvalue weighted by Crippen LogP contribution is -2.54. The molecule has 0 aliphatic heterocycles. The first-order valence-corrected chi connectivity index (χ1v) is 6.21. The van der Waals surface area contributed by atoms with E-state index in [0.29, 0.717) is 6.42 Å². The average molecular weight is 252 g/mol. The maximum Gasteiger partial charge on any atom is 0.391 e. The Labute approximate surface area is 102 Å². The number of rotatable bonds is 3. The molecule has 0 bridgehead atoms. The van der Waals surface area contributed by atoms with Crippen LogP contribution in [-0.4, -0.2) is 43.3 Å². The van der Waals surface area contributed by atoms with Gasteiger partial charge in [0.15, 0.2) is 0 Å². The highest BCUT2D eigenvalue weighted by Crippen LogP contribution is 2.38. The summed E-state index contributed by atoms with van der Waals surface area (Å²) >= 11 is 0. The standard InChI is InChI=1S/C12H23F3N2/c1-8(2)16-10-7-9(12(13,14)15)5-6-11(10)17(3)4/h8-11,16H,5-7H2,1-4H3/t9-,10+,11+/m0/s1. The van der Waals surface area contributed by atoms with Crippen molar-refractivity contribution in [1.82, 2.24) is 10.2 Å². The van der Waals surface area contributed by atoms with Crippen LogP contribution >= 0.6 is 0 Å². The molecular weight excluding hydrogens is 229 g/mol. The highest BCUT2D eigenvalue weighted by atomic mass is 19.4. The van der Waals surface area contributed by atoms with E-state index in [4.69, 9.17) is 0 Å². The predicted molar refractivity (Wildman–Crippen MR) is 62.9 cm³/mol. The Bertz CT molecular complexity index is 238. The molecule has 0 heterocycles. The molecular formula is C12H23F3N2. The smallest absolute Gasteiger partial charge is 0.310 e. The van der Waals surface area contributed by atoms with Crippen LogP contribution < -0.4 is 5.32 Å². The van der Waals surface area contributed by atoms with Gasteiger partial charge in [-0.1, -0.05) is 13.8 Å². The average Bonchev–Trinajstić information content (AvgIpc) is 2.14. The van der Waals surface area contributed by atoms with E-state index in [-0.39, 0.29) is 31.0 Å². The van der Waals surface area contributed by atoms with Crippen LogP contribution in [0.15, 0.2) is 0 Å². The molecule has 0 spiro atoms. The van der Waals surface area contributed by atoms with Crippen molar-refractivity contribution in [3.63, 3.8) is 0 Å². The predicted octanol–water partition coefficient (Wildman–Crippen LogP) is 2.65. The van der Waals surface area contributed by atoms with Crippen molar-refractivity contribution in [1.29, 1.82) is 0 Å². The summed E-state index contributed by atoms with van der Waals surface area (Å²) in [6.07, 6.45) is -2.98. The van der Waals surface area contributed by atoms with Gasteiger partial charge in [0.05, 0.1) is 5.92 Å². The second-order valence-electron chi connectivity index (χ2n) is 5.51. The van der Waals surface area contributed by atoms with Crippen molar-refractivity contribution in [2.45, 2.75) is 57.4 Å². The fourth-order valence-electron chi connectivity index (χ4n) is 2.68. The van der Waals surface area contributed by atoms with Crippen LogP contribution in [0.4, 0.5) is 13.2 Å². The third-order valence-electron chi connectivity index (χ3n) is 3.49. The quantitative estimate of drug-likeness (QED) is 0.830. The van der Waals surface area contributed by atoms with E-state index in [1.54, 1.807) is 0 Å². The van der Waals surface area contributed by atoms with Gasteiger partial charge in [-0.05, 0) is 33.4 Å². The molecule has 2 nitrogen and oxygen atoms in total. The van der Waals surface area contributed by atoms with Crippen LogP contribution in [0, 0.1) is 5.92 Å². The molecule has 1 aliphatic carbocycles. The first-order valence-electron chi connectivity index (χ1n) is 6.21. The number of halogens is 3. The molecule has 17 heavy (non-hydrogen) atoms. The van der Waals surface area contributed by atoms with Gasteiger partial charge in [-0.3, -0.25) is 0 Å². The summed E-state index contributed by atoms with van der Waals surface area (Å²) in [5.74, 6) is -1.14. The Hall–Kier alpha value is -0.290. The first kappa shape index (κ1) is 14.8. The molecule has 1 fully saturated rings. The zero-order valence-corrected chi connectivity index (χ0v) is 11.0. The third kappa shape index (κ3) is 4.14. The summed E-state index contributed by atoms with van der Waals surface area (Å²) < 4.78 is 38.2. The highest BCUT2D eigenvalue weighted by molar-refractivity contribution is 4.92. The van der Waals surface area contributed by atoms with E-state index < -0.39 is 12.1 Å². The molecule has 0 radical (unpaired) electrons. The van der Waals surface area contributed by atoms with Crippen LogP contribution in [0.1, 0.15) is 33.1 Å². The molecule has 102 valence electrons. The van der Waals surface area contributed by atoms with Gasteiger partial charge in [0.1, 0.15) is 0 Å². The zero-order chi connectivity index (χ0) is 13.2. The molecule has 0 unspecified atom stereocenters. The van der Waals surface area contributed by atoms with Gasteiger partial charge in [0.2, 0.25) is 0 Å². The van der Waals surface area contributed by atoms with E-state index in [9.17, 15) is 13.2 Å². The second kappa shape index (κ2) is 5.57. The minimum absolute atomic E-state index is 0.0645. The van der Waals surface area contributed by atoms with Gasteiger partial charge in [0.25, 0.3) is 0 Å². The summed E-state index contributed by atoms with van der Waals surface area (Å²) in [6.45, 7) is 3.95. The van der Waals surface area contributed by atoms with Gasteiger partial charge < -0.3 is 10.2 Å². The van der Waals surface area contributed by atoms with Crippen LogP contribution in [0.25, 0.3) is 0 Å². The molecule has 0 aromatic carbocycles. The fourth-order valence-corrected chi connectivity index (χ4v) is 2.68. The molecule has 1 saturated carbocycles. The van der Waals surface area contributed by atoms with Gasteiger partial charge in [0, 0.05) is 18.1 Å².